The Kier molecular flexibility index (Phi) is 5.38. The Balaban J connectivity index is 1.27. The molecule has 0 saturated heterocycles. The molecule has 11 aromatic rings. The number of para-hydroxylation sites is 2. The molecular formula is C46H26O3. The lowest BCUT2D eigenvalue weighted by molar-refractivity contribution is 0.611. The molecule has 0 unspecified atom stereocenters. The fourth-order valence-electron chi connectivity index (χ4n) is 7.94. The molecule has 3 nitrogen and oxygen atoms in total. The van der Waals surface area contributed by atoms with Crippen LogP contribution in [0, 0.1) is 0 Å². The van der Waals surface area contributed by atoms with Gasteiger partial charge in [0.25, 0.3) is 0 Å². The summed E-state index contributed by atoms with van der Waals surface area (Å²) in [5.41, 5.74) is 9.90. The Hall–Kier alpha value is -6.58. The molecule has 0 spiro atoms. The zero-order chi connectivity index (χ0) is 32.1. The number of hydrogen-bond acceptors (Lipinski definition) is 3. The molecule has 0 atom stereocenters. The van der Waals surface area contributed by atoms with Crippen molar-refractivity contribution in [3.63, 3.8) is 0 Å². The van der Waals surface area contributed by atoms with Crippen molar-refractivity contribution in [2.75, 3.05) is 0 Å². The maximum absolute atomic E-state index is 6.66. The molecule has 3 aromatic heterocycles. The van der Waals surface area contributed by atoms with E-state index in [-0.39, 0.29) is 0 Å². The third-order valence-corrected chi connectivity index (χ3v) is 10.1. The summed E-state index contributed by atoms with van der Waals surface area (Å²) in [6.45, 7) is 0. The van der Waals surface area contributed by atoms with E-state index in [0.29, 0.717) is 0 Å². The van der Waals surface area contributed by atoms with Crippen molar-refractivity contribution in [2.45, 2.75) is 0 Å². The van der Waals surface area contributed by atoms with Crippen LogP contribution in [0.15, 0.2) is 171 Å². The Bertz CT molecular complexity index is 3040. The fourth-order valence-corrected chi connectivity index (χ4v) is 7.94. The zero-order valence-corrected chi connectivity index (χ0v) is 26.2. The van der Waals surface area contributed by atoms with E-state index in [4.69, 9.17) is 13.3 Å². The lowest BCUT2D eigenvalue weighted by Gasteiger charge is -2.18. The van der Waals surface area contributed by atoms with E-state index in [0.717, 1.165) is 77.3 Å². The van der Waals surface area contributed by atoms with Gasteiger partial charge in [0.1, 0.15) is 22.5 Å². The number of benzene rings is 8. The summed E-state index contributed by atoms with van der Waals surface area (Å²) in [5.74, 6) is 0.821. The Morgan fingerprint density at radius 3 is 1.61 bits per heavy atom. The first-order chi connectivity index (χ1) is 24.3. The van der Waals surface area contributed by atoms with Crippen LogP contribution in [0.1, 0.15) is 0 Å². The van der Waals surface area contributed by atoms with Crippen molar-refractivity contribution in [3.05, 3.63) is 158 Å². The molecule has 3 heteroatoms. The molecule has 0 amide bonds. The van der Waals surface area contributed by atoms with Crippen LogP contribution in [0.4, 0.5) is 0 Å². The molecule has 49 heavy (non-hydrogen) atoms. The van der Waals surface area contributed by atoms with E-state index in [1.165, 1.54) is 32.7 Å². The van der Waals surface area contributed by atoms with Gasteiger partial charge in [-0.25, -0.2) is 0 Å². The van der Waals surface area contributed by atoms with E-state index in [2.05, 4.69) is 115 Å². The summed E-state index contributed by atoms with van der Waals surface area (Å²) in [5, 5.41) is 10.2. The van der Waals surface area contributed by atoms with Crippen molar-refractivity contribution in [3.8, 4) is 33.6 Å². The summed E-state index contributed by atoms with van der Waals surface area (Å²) in [6, 6.07) is 55.5. The highest BCUT2D eigenvalue weighted by Crippen LogP contribution is 2.49. The van der Waals surface area contributed by atoms with Gasteiger partial charge in [0, 0.05) is 32.5 Å². The van der Waals surface area contributed by atoms with Crippen LogP contribution in [0.3, 0.4) is 0 Å². The van der Waals surface area contributed by atoms with Crippen molar-refractivity contribution in [1.82, 2.24) is 0 Å². The first kappa shape index (κ1) is 26.5. The first-order valence-corrected chi connectivity index (χ1v) is 16.6. The number of furan rings is 3. The lowest BCUT2D eigenvalue weighted by Crippen LogP contribution is -1.91. The fraction of sp³-hybridized carbons (Fsp3) is 0. The van der Waals surface area contributed by atoms with Gasteiger partial charge in [0.15, 0.2) is 11.2 Å². The van der Waals surface area contributed by atoms with E-state index in [9.17, 15) is 0 Å². The minimum absolute atomic E-state index is 0.764. The second kappa shape index (κ2) is 9.96. The van der Waals surface area contributed by atoms with E-state index < -0.39 is 0 Å². The molecule has 0 N–H and O–H groups in total. The van der Waals surface area contributed by atoms with Gasteiger partial charge in [-0.1, -0.05) is 121 Å². The van der Waals surface area contributed by atoms with Gasteiger partial charge >= 0.3 is 0 Å². The zero-order valence-electron chi connectivity index (χ0n) is 26.2. The maximum Gasteiger partial charge on any atom is 0.179 e. The van der Waals surface area contributed by atoms with Crippen LogP contribution in [0.25, 0.3) is 110 Å². The first-order valence-electron chi connectivity index (χ1n) is 16.6. The molecule has 0 radical (unpaired) electrons. The summed E-state index contributed by atoms with van der Waals surface area (Å²) in [4.78, 5) is 0. The van der Waals surface area contributed by atoms with Crippen molar-refractivity contribution < 1.29 is 13.3 Å². The van der Waals surface area contributed by atoms with Gasteiger partial charge in [0.05, 0.1) is 0 Å². The topological polar surface area (TPSA) is 39.4 Å². The highest BCUT2D eigenvalue weighted by molar-refractivity contribution is 6.28. The molecule has 0 saturated carbocycles. The monoisotopic (exact) mass is 626 g/mol. The summed E-state index contributed by atoms with van der Waals surface area (Å²) < 4.78 is 19.5. The van der Waals surface area contributed by atoms with Crippen molar-refractivity contribution in [2.24, 2.45) is 0 Å². The lowest BCUT2D eigenvalue weighted by atomic mass is 9.84. The average Bonchev–Trinajstić information content (AvgIpc) is 3.87. The van der Waals surface area contributed by atoms with Crippen LogP contribution >= 0.6 is 0 Å². The molecule has 11 rings (SSSR count). The molecule has 0 bridgehead atoms. The van der Waals surface area contributed by atoms with Crippen LogP contribution in [-0.2, 0) is 0 Å². The summed E-state index contributed by atoms with van der Waals surface area (Å²) in [6.07, 6.45) is 0. The van der Waals surface area contributed by atoms with Gasteiger partial charge in [-0.2, -0.15) is 0 Å². The molecule has 3 heterocycles. The van der Waals surface area contributed by atoms with Gasteiger partial charge < -0.3 is 13.3 Å². The Labute approximate surface area is 280 Å². The SMILES string of the molecule is c1ccc(-c2cc3cc(-c4c5ccccc5c(-c5ccc6oc7ccccc7c6c5)c5ccccc45)c4c5ccccc5oc4c3o2)cc1. The second-order valence-corrected chi connectivity index (χ2v) is 12.8. The van der Waals surface area contributed by atoms with E-state index in [1.807, 2.05) is 42.5 Å². The summed E-state index contributed by atoms with van der Waals surface area (Å²) >= 11 is 0. The highest BCUT2D eigenvalue weighted by Gasteiger charge is 2.24. The van der Waals surface area contributed by atoms with E-state index in [1.54, 1.807) is 0 Å². The Morgan fingerprint density at radius 2 is 0.898 bits per heavy atom. The van der Waals surface area contributed by atoms with Gasteiger partial charge in [0.2, 0.25) is 0 Å². The summed E-state index contributed by atoms with van der Waals surface area (Å²) in [7, 11) is 0. The normalized spacial score (nSPS) is 12.1. The van der Waals surface area contributed by atoms with Crippen LogP contribution in [0.2, 0.25) is 0 Å². The van der Waals surface area contributed by atoms with E-state index >= 15 is 0 Å². The van der Waals surface area contributed by atoms with Gasteiger partial charge in [-0.3, -0.25) is 0 Å². The molecule has 0 aliphatic heterocycles. The molecule has 8 aromatic carbocycles. The van der Waals surface area contributed by atoms with Gasteiger partial charge in [-0.05, 0) is 80.2 Å². The predicted molar refractivity (Wildman–Crippen MR) is 202 cm³/mol. The number of rotatable bonds is 3. The highest BCUT2D eigenvalue weighted by atomic mass is 16.4. The average molecular weight is 627 g/mol. The van der Waals surface area contributed by atoms with Crippen LogP contribution in [-0.4, -0.2) is 0 Å². The molecule has 0 aliphatic carbocycles. The minimum Gasteiger partial charge on any atom is -0.456 e. The quantitative estimate of drug-likeness (QED) is 0.183. The van der Waals surface area contributed by atoms with Crippen molar-refractivity contribution in [1.29, 1.82) is 0 Å². The minimum atomic E-state index is 0.764. The molecule has 228 valence electrons. The largest absolute Gasteiger partial charge is 0.456 e. The number of fused-ring (bicyclic) bond motifs is 10. The Morgan fingerprint density at radius 1 is 0.327 bits per heavy atom. The smallest absolute Gasteiger partial charge is 0.179 e. The maximum atomic E-state index is 6.66. The number of hydrogen-bond donors (Lipinski definition) is 0. The van der Waals surface area contributed by atoms with Crippen LogP contribution in [0.5, 0.6) is 0 Å². The molecule has 0 fully saturated rings. The molecule has 0 aliphatic rings. The third kappa shape index (κ3) is 3.78. The standard InChI is InChI=1S/C46H26O3/c1-2-12-27(13-3-1)41-26-29-25-37(44-35-19-9-11-21-39(35)48-46(44)45(29)49-41)43-33-17-6-4-15-31(33)42(32-16-5-7-18-34(32)43)28-22-23-40-36(24-28)30-14-8-10-20-38(30)47-40/h1-26H. The predicted octanol–water partition coefficient (Wildman–Crippen LogP) is 13.5. The van der Waals surface area contributed by atoms with Crippen molar-refractivity contribution >= 4 is 76.4 Å². The second-order valence-electron chi connectivity index (χ2n) is 12.8. The molecular weight excluding hydrogens is 601 g/mol. The third-order valence-electron chi connectivity index (χ3n) is 10.1. The van der Waals surface area contributed by atoms with Crippen LogP contribution < -0.4 is 0 Å². The van der Waals surface area contributed by atoms with Gasteiger partial charge in [-0.15, -0.1) is 0 Å².